The molecule has 0 unspecified atom stereocenters. The molecule has 2 aromatic carbocycles. The number of nitrogens with one attached hydrogen (secondary N) is 1. The van der Waals surface area contributed by atoms with Gasteiger partial charge in [0.1, 0.15) is 19.0 Å². The largest absolute Gasteiger partial charge is 0.494 e. The van der Waals surface area contributed by atoms with Crippen LogP contribution in [0.1, 0.15) is 18.1 Å². The lowest BCUT2D eigenvalue weighted by molar-refractivity contribution is -0.116. The molecule has 25 heavy (non-hydrogen) atoms. The number of amides is 1. The van der Waals surface area contributed by atoms with E-state index < -0.39 is 0 Å². The third kappa shape index (κ3) is 4.76. The first kappa shape index (κ1) is 16.9. The van der Waals surface area contributed by atoms with E-state index in [9.17, 15) is 4.79 Å². The van der Waals surface area contributed by atoms with Crippen LogP contribution in [0.2, 0.25) is 0 Å². The zero-order chi connectivity index (χ0) is 17.5. The number of rotatable bonds is 6. The molecule has 0 bridgehead atoms. The highest BCUT2D eigenvalue weighted by atomic mass is 16.6. The fraction of sp³-hybridized carbons (Fsp3) is 0.250. The summed E-state index contributed by atoms with van der Waals surface area (Å²) in [5.74, 6) is 2.14. The summed E-state index contributed by atoms with van der Waals surface area (Å²) in [4.78, 5) is 12.0. The molecule has 0 fully saturated rings. The summed E-state index contributed by atoms with van der Waals surface area (Å²) in [6.45, 7) is 4.13. The summed E-state index contributed by atoms with van der Waals surface area (Å²) in [6, 6.07) is 13.3. The van der Waals surface area contributed by atoms with Crippen molar-refractivity contribution in [2.24, 2.45) is 0 Å². The Kier molecular flexibility index (Phi) is 5.57. The molecule has 2 aromatic rings. The van der Waals surface area contributed by atoms with Crippen molar-refractivity contribution in [1.82, 2.24) is 5.32 Å². The standard InChI is InChI=1S/C20H21NO4/c1-2-23-17-7-3-15(4-8-17)6-10-20(22)21-14-16-5-9-18-19(13-16)25-12-11-24-18/h3-10,13H,2,11-12,14H2,1H3,(H,21,22)/b10-6+. The Hall–Kier alpha value is -2.95. The first-order valence-corrected chi connectivity index (χ1v) is 8.32. The molecule has 0 spiro atoms. The van der Waals surface area contributed by atoms with E-state index in [1.807, 2.05) is 49.4 Å². The van der Waals surface area contributed by atoms with E-state index in [1.54, 1.807) is 6.08 Å². The fourth-order valence-electron chi connectivity index (χ4n) is 2.46. The minimum absolute atomic E-state index is 0.149. The maximum atomic E-state index is 12.0. The van der Waals surface area contributed by atoms with Crippen molar-refractivity contribution in [2.75, 3.05) is 19.8 Å². The normalized spacial score (nSPS) is 12.8. The molecular weight excluding hydrogens is 318 g/mol. The summed E-state index contributed by atoms with van der Waals surface area (Å²) < 4.78 is 16.4. The SMILES string of the molecule is CCOc1ccc(/C=C/C(=O)NCc2ccc3c(c2)OCCO3)cc1. The van der Waals surface area contributed by atoms with Crippen molar-refractivity contribution >= 4 is 12.0 Å². The van der Waals surface area contributed by atoms with Crippen molar-refractivity contribution in [3.63, 3.8) is 0 Å². The Morgan fingerprint density at radius 2 is 1.88 bits per heavy atom. The third-order valence-corrected chi connectivity index (χ3v) is 3.69. The number of ether oxygens (including phenoxy) is 3. The summed E-state index contributed by atoms with van der Waals surface area (Å²) in [5, 5.41) is 2.86. The molecule has 1 N–H and O–H groups in total. The Morgan fingerprint density at radius 3 is 2.64 bits per heavy atom. The van der Waals surface area contributed by atoms with Gasteiger partial charge in [-0.15, -0.1) is 0 Å². The second-order valence-corrected chi connectivity index (χ2v) is 5.53. The van der Waals surface area contributed by atoms with Gasteiger partial charge in [-0.25, -0.2) is 0 Å². The molecular formula is C20H21NO4. The molecule has 0 saturated carbocycles. The van der Waals surface area contributed by atoms with E-state index in [4.69, 9.17) is 14.2 Å². The summed E-state index contributed by atoms with van der Waals surface area (Å²) in [7, 11) is 0. The molecule has 0 aliphatic carbocycles. The molecule has 1 amide bonds. The Bertz CT molecular complexity index is 753. The highest BCUT2D eigenvalue weighted by Crippen LogP contribution is 2.30. The van der Waals surface area contributed by atoms with E-state index in [2.05, 4.69) is 5.32 Å². The maximum absolute atomic E-state index is 12.0. The van der Waals surface area contributed by atoms with Gasteiger partial charge in [0.15, 0.2) is 11.5 Å². The molecule has 0 aromatic heterocycles. The molecule has 0 radical (unpaired) electrons. The van der Waals surface area contributed by atoms with E-state index in [0.717, 1.165) is 28.4 Å². The van der Waals surface area contributed by atoms with Gasteiger partial charge in [0, 0.05) is 12.6 Å². The second-order valence-electron chi connectivity index (χ2n) is 5.53. The van der Waals surface area contributed by atoms with Crippen molar-refractivity contribution < 1.29 is 19.0 Å². The zero-order valence-corrected chi connectivity index (χ0v) is 14.2. The van der Waals surface area contributed by atoms with Crippen LogP contribution in [-0.2, 0) is 11.3 Å². The highest BCUT2D eigenvalue weighted by Gasteiger charge is 2.11. The topological polar surface area (TPSA) is 56.8 Å². The fourth-order valence-corrected chi connectivity index (χ4v) is 2.46. The molecule has 5 heteroatoms. The van der Waals surface area contributed by atoms with Gasteiger partial charge in [0.25, 0.3) is 0 Å². The Labute approximate surface area is 147 Å². The van der Waals surface area contributed by atoms with Gasteiger partial charge in [-0.3, -0.25) is 4.79 Å². The molecule has 1 heterocycles. The van der Waals surface area contributed by atoms with Crippen LogP contribution in [0.3, 0.4) is 0 Å². The van der Waals surface area contributed by atoms with Crippen molar-refractivity contribution in [2.45, 2.75) is 13.5 Å². The number of carbonyl (C=O) groups is 1. The average Bonchev–Trinajstić information content (AvgIpc) is 2.66. The minimum Gasteiger partial charge on any atom is -0.494 e. The lowest BCUT2D eigenvalue weighted by atomic mass is 10.2. The van der Waals surface area contributed by atoms with Gasteiger partial charge >= 0.3 is 0 Å². The van der Waals surface area contributed by atoms with Crippen LogP contribution in [0.5, 0.6) is 17.2 Å². The van der Waals surface area contributed by atoms with Gasteiger partial charge in [-0.05, 0) is 48.4 Å². The Morgan fingerprint density at radius 1 is 1.12 bits per heavy atom. The number of fused-ring (bicyclic) bond motifs is 1. The monoisotopic (exact) mass is 339 g/mol. The van der Waals surface area contributed by atoms with Crippen molar-refractivity contribution in [3.8, 4) is 17.2 Å². The van der Waals surface area contributed by atoms with Crippen LogP contribution in [0.4, 0.5) is 0 Å². The van der Waals surface area contributed by atoms with Crippen molar-refractivity contribution in [1.29, 1.82) is 0 Å². The van der Waals surface area contributed by atoms with Gasteiger partial charge in [-0.2, -0.15) is 0 Å². The number of hydrogen-bond donors (Lipinski definition) is 1. The Balaban J connectivity index is 1.52. The minimum atomic E-state index is -0.149. The second kappa shape index (κ2) is 8.24. The summed E-state index contributed by atoms with van der Waals surface area (Å²) in [6.07, 6.45) is 3.29. The quantitative estimate of drug-likeness (QED) is 0.821. The van der Waals surface area contributed by atoms with Gasteiger partial charge in [0.2, 0.25) is 5.91 Å². The van der Waals surface area contributed by atoms with Crippen LogP contribution in [0.15, 0.2) is 48.5 Å². The third-order valence-electron chi connectivity index (χ3n) is 3.69. The van der Waals surface area contributed by atoms with E-state index in [-0.39, 0.29) is 5.91 Å². The lowest BCUT2D eigenvalue weighted by Crippen LogP contribution is -2.20. The van der Waals surface area contributed by atoms with E-state index in [0.29, 0.717) is 26.4 Å². The molecule has 0 atom stereocenters. The van der Waals surface area contributed by atoms with Crippen LogP contribution in [-0.4, -0.2) is 25.7 Å². The molecule has 5 nitrogen and oxygen atoms in total. The molecule has 1 aliphatic heterocycles. The van der Waals surface area contributed by atoms with Crippen molar-refractivity contribution in [3.05, 3.63) is 59.7 Å². The number of carbonyl (C=O) groups excluding carboxylic acids is 1. The predicted octanol–water partition coefficient (Wildman–Crippen LogP) is 3.19. The van der Waals surface area contributed by atoms with Crippen LogP contribution in [0.25, 0.3) is 6.08 Å². The van der Waals surface area contributed by atoms with Crippen LogP contribution in [0, 0.1) is 0 Å². The zero-order valence-electron chi connectivity index (χ0n) is 14.2. The predicted molar refractivity (Wildman–Crippen MR) is 95.9 cm³/mol. The van der Waals surface area contributed by atoms with E-state index >= 15 is 0 Å². The lowest BCUT2D eigenvalue weighted by Gasteiger charge is -2.18. The van der Waals surface area contributed by atoms with Gasteiger partial charge in [0.05, 0.1) is 6.61 Å². The molecule has 1 aliphatic rings. The van der Waals surface area contributed by atoms with E-state index in [1.165, 1.54) is 6.08 Å². The summed E-state index contributed by atoms with van der Waals surface area (Å²) >= 11 is 0. The summed E-state index contributed by atoms with van der Waals surface area (Å²) in [5.41, 5.74) is 1.91. The number of hydrogen-bond acceptors (Lipinski definition) is 4. The van der Waals surface area contributed by atoms with Crippen LogP contribution >= 0.6 is 0 Å². The number of benzene rings is 2. The average molecular weight is 339 g/mol. The molecule has 130 valence electrons. The van der Waals surface area contributed by atoms with Gasteiger partial charge < -0.3 is 19.5 Å². The maximum Gasteiger partial charge on any atom is 0.244 e. The van der Waals surface area contributed by atoms with Gasteiger partial charge in [-0.1, -0.05) is 18.2 Å². The first-order valence-electron chi connectivity index (χ1n) is 8.32. The van der Waals surface area contributed by atoms with Crippen LogP contribution < -0.4 is 19.5 Å². The smallest absolute Gasteiger partial charge is 0.244 e. The molecule has 3 rings (SSSR count). The first-order chi connectivity index (χ1) is 12.2. The highest BCUT2D eigenvalue weighted by molar-refractivity contribution is 5.91. The molecule has 0 saturated heterocycles.